The number of aromatic nitrogens is 2. The number of hydrogen-bond donors (Lipinski definition) is 2. The Hall–Kier alpha value is -2.90. The molecule has 0 saturated carbocycles. The van der Waals surface area contributed by atoms with Crippen molar-refractivity contribution >= 4 is 17.5 Å². The van der Waals surface area contributed by atoms with Crippen LogP contribution in [-0.2, 0) is 6.18 Å². The minimum atomic E-state index is -4.56. The largest absolute Gasteiger partial charge is 0.418 e. The average molecular weight is 390 g/mol. The molecule has 1 aliphatic carbocycles. The molecular weight excluding hydrogens is 369 g/mol. The Balaban J connectivity index is 1.63. The summed E-state index contributed by atoms with van der Waals surface area (Å²) in [6.07, 6.45) is 4.62. The van der Waals surface area contributed by atoms with E-state index in [0.717, 1.165) is 25.3 Å². The molecule has 1 aliphatic rings. The van der Waals surface area contributed by atoms with Crippen LogP contribution in [0.1, 0.15) is 48.2 Å². The maximum atomic E-state index is 13.1. The molecule has 0 unspecified atom stereocenters. The first-order valence-corrected chi connectivity index (χ1v) is 9.16. The molecule has 1 aromatic heterocycles. The van der Waals surface area contributed by atoms with Crippen molar-refractivity contribution in [3.8, 4) is 0 Å². The van der Waals surface area contributed by atoms with Gasteiger partial charge in [0.25, 0.3) is 5.91 Å². The summed E-state index contributed by atoms with van der Waals surface area (Å²) >= 11 is 0. The van der Waals surface area contributed by atoms with Crippen LogP contribution in [-0.4, -0.2) is 22.4 Å². The second kappa shape index (κ2) is 8.86. The number of rotatable bonds is 6. The predicted octanol–water partition coefficient (Wildman–Crippen LogP) is 5.05. The highest BCUT2D eigenvalue weighted by Gasteiger charge is 2.33. The molecule has 5 nitrogen and oxygen atoms in total. The lowest BCUT2D eigenvalue weighted by Crippen LogP contribution is -2.18. The number of anilines is 2. The molecule has 1 amide bonds. The third kappa shape index (κ3) is 5.31. The molecule has 28 heavy (non-hydrogen) atoms. The van der Waals surface area contributed by atoms with E-state index in [1.807, 2.05) is 0 Å². The number of hydrogen-bond acceptors (Lipinski definition) is 4. The number of nitrogens with one attached hydrogen (secondary N) is 2. The van der Waals surface area contributed by atoms with Crippen molar-refractivity contribution in [3.63, 3.8) is 0 Å². The van der Waals surface area contributed by atoms with Gasteiger partial charge in [-0.15, -0.1) is 0 Å². The fourth-order valence-electron chi connectivity index (χ4n) is 3.06. The zero-order chi connectivity index (χ0) is 20.0. The van der Waals surface area contributed by atoms with Crippen LogP contribution in [0.5, 0.6) is 0 Å². The molecule has 2 aromatic rings. The lowest BCUT2D eigenvalue weighted by atomic mass is 9.97. The van der Waals surface area contributed by atoms with Crippen molar-refractivity contribution in [1.82, 2.24) is 9.97 Å². The van der Waals surface area contributed by atoms with E-state index in [9.17, 15) is 18.0 Å². The number of carbonyl (C=O) groups excluding carboxylic acids is 1. The standard InChI is InChI=1S/C20H21F3N4O/c21-20(22,23)15-8-4-5-9-16(15)26-18(28)17-11-13-25-19(27-17)24-12-10-14-6-2-1-3-7-14/h4-6,8-9,11,13H,1-3,7,10,12H2,(H,26,28)(H,24,25,27). The second-order valence-electron chi connectivity index (χ2n) is 6.55. The number of alkyl halides is 3. The van der Waals surface area contributed by atoms with Crippen LogP contribution in [0.3, 0.4) is 0 Å². The second-order valence-corrected chi connectivity index (χ2v) is 6.55. The predicted molar refractivity (Wildman–Crippen MR) is 101 cm³/mol. The van der Waals surface area contributed by atoms with E-state index in [4.69, 9.17) is 0 Å². The summed E-state index contributed by atoms with van der Waals surface area (Å²) in [6.45, 7) is 0.633. The number of nitrogens with zero attached hydrogens (tertiary/aromatic N) is 2. The van der Waals surface area contributed by atoms with Crippen LogP contribution in [0, 0.1) is 0 Å². The smallest absolute Gasteiger partial charge is 0.354 e. The van der Waals surface area contributed by atoms with E-state index in [1.165, 1.54) is 48.9 Å². The molecule has 1 aromatic carbocycles. The van der Waals surface area contributed by atoms with E-state index in [-0.39, 0.29) is 17.3 Å². The minimum absolute atomic E-state index is 0.00800. The molecule has 0 fully saturated rings. The van der Waals surface area contributed by atoms with Gasteiger partial charge in [0.2, 0.25) is 5.95 Å². The van der Waals surface area contributed by atoms with E-state index < -0.39 is 17.6 Å². The van der Waals surface area contributed by atoms with E-state index in [2.05, 4.69) is 26.7 Å². The number of para-hydroxylation sites is 1. The first kappa shape index (κ1) is 19.9. The molecule has 2 N–H and O–H groups in total. The normalized spacial score (nSPS) is 14.3. The highest BCUT2D eigenvalue weighted by molar-refractivity contribution is 6.03. The average Bonchev–Trinajstić information content (AvgIpc) is 2.69. The monoisotopic (exact) mass is 390 g/mol. The zero-order valence-corrected chi connectivity index (χ0v) is 15.2. The van der Waals surface area contributed by atoms with Crippen molar-refractivity contribution < 1.29 is 18.0 Å². The van der Waals surface area contributed by atoms with Crippen molar-refractivity contribution in [2.45, 2.75) is 38.3 Å². The lowest BCUT2D eigenvalue weighted by molar-refractivity contribution is -0.136. The molecule has 0 atom stereocenters. The van der Waals surface area contributed by atoms with Gasteiger partial charge in [0.15, 0.2) is 0 Å². The number of halogens is 3. The Morgan fingerprint density at radius 3 is 2.71 bits per heavy atom. The highest BCUT2D eigenvalue weighted by Crippen LogP contribution is 2.34. The van der Waals surface area contributed by atoms with Crippen molar-refractivity contribution in [3.05, 3.63) is 59.4 Å². The first-order chi connectivity index (χ1) is 13.4. The third-order valence-corrected chi connectivity index (χ3v) is 4.48. The van der Waals surface area contributed by atoms with Crippen LogP contribution in [0.4, 0.5) is 24.8 Å². The van der Waals surface area contributed by atoms with Gasteiger partial charge in [0.05, 0.1) is 11.3 Å². The zero-order valence-electron chi connectivity index (χ0n) is 15.2. The number of carbonyl (C=O) groups is 1. The SMILES string of the molecule is O=C(Nc1ccccc1C(F)(F)F)c1ccnc(NCCC2=CCCCC2)n1. The Morgan fingerprint density at radius 2 is 1.96 bits per heavy atom. The number of benzene rings is 1. The van der Waals surface area contributed by atoms with Gasteiger partial charge in [-0.1, -0.05) is 23.8 Å². The maximum absolute atomic E-state index is 13.1. The van der Waals surface area contributed by atoms with E-state index >= 15 is 0 Å². The molecule has 0 bridgehead atoms. The van der Waals surface area contributed by atoms with Crippen LogP contribution < -0.4 is 10.6 Å². The summed E-state index contributed by atoms with van der Waals surface area (Å²) in [5.41, 5.74) is 0.177. The van der Waals surface area contributed by atoms with Gasteiger partial charge in [0.1, 0.15) is 5.69 Å². The Bertz CT molecular complexity index is 865. The molecule has 0 spiro atoms. The Labute approximate surface area is 161 Å². The van der Waals surface area contributed by atoms with Gasteiger partial charge in [0, 0.05) is 12.7 Å². The summed E-state index contributed by atoms with van der Waals surface area (Å²) < 4.78 is 39.2. The molecule has 8 heteroatoms. The maximum Gasteiger partial charge on any atom is 0.418 e. The van der Waals surface area contributed by atoms with Crippen LogP contribution in [0.15, 0.2) is 48.2 Å². The van der Waals surface area contributed by atoms with Gasteiger partial charge in [-0.25, -0.2) is 9.97 Å². The topological polar surface area (TPSA) is 66.9 Å². The van der Waals surface area contributed by atoms with Crippen LogP contribution in [0.25, 0.3) is 0 Å². The molecule has 148 valence electrons. The molecule has 3 rings (SSSR count). The minimum Gasteiger partial charge on any atom is -0.354 e. The fourth-order valence-corrected chi connectivity index (χ4v) is 3.06. The summed E-state index contributed by atoms with van der Waals surface area (Å²) in [6, 6.07) is 6.19. The number of allylic oxidation sites excluding steroid dienone is 1. The Kier molecular flexibility index (Phi) is 6.28. The van der Waals surface area contributed by atoms with Crippen molar-refractivity contribution in [1.29, 1.82) is 0 Å². The van der Waals surface area contributed by atoms with Crippen LogP contribution in [0.2, 0.25) is 0 Å². The summed E-state index contributed by atoms with van der Waals surface area (Å²) in [5.74, 6) is -0.453. The van der Waals surface area contributed by atoms with Crippen LogP contribution >= 0.6 is 0 Å². The highest BCUT2D eigenvalue weighted by atomic mass is 19.4. The van der Waals surface area contributed by atoms with E-state index in [0.29, 0.717) is 6.54 Å². The fraction of sp³-hybridized carbons (Fsp3) is 0.350. The third-order valence-electron chi connectivity index (χ3n) is 4.48. The van der Waals surface area contributed by atoms with E-state index in [1.54, 1.807) is 0 Å². The van der Waals surface area contributed by atoms with Gasteiger partial charge < -0.3 is 10.6 Å². The Morgan fingerprint density at radius 1 is 1.14 bits per heavy atom. The van der Waals surface area contributed by atoms with Crippen molar-refractivity contribution in [2.24, 2.45) is 0 Å². The lowest BCUT2D eigenvalue weighted by Gasteiger charge is -2.14. The van der Waals surface area contributed by atoms with Gasteiger partial charge in [-0.3, -0.25) is 4.79 Å². The first-order valence-electron chi connectivity index (χ1n) is 9.16. The molecule has 0 radical (unpaired) electrons. The summed E-state index contributed by atoms with van der Waals surface area (Å²) in [7, 11) is 0. The molecule has 0 saturated heterocycles. The van der Waals surface area contributed by atoms with Crippen molar-refractivity contribution in [2.75, 3.05) is 17.2 Å². The molecular formula is C20H21F3N4O. The van der Waals surface area contributed by atoms with Gasteiger partial charge in [-0.2, -0.15) is 13.2 Å². The quantitative estimate of drug-likeness (QED) is 0.678. The summed E-state index contributed by atoms with van der Waals surface area (Å²) in [5, 5.41) is 5.35. The molecule has 1 heterocycles. The number of amides is 1. The summed E-state index contributed by atoms with van der Waals surface area (Å²) in [4.78, 5) is 20.5. The van der Waals surface area contributed by atoms with Gasteiger partial charge >= 0.3 is 6.18 Å². The van der Waals surface area contributed by atoms with Gasteiger partial charge in [-0.05, 0) is 50.3 Å². The molecule has 0 aliphatic heterocycles.